The van der Waals surface area contributed by atoms with E-state index in [0.717, 1.165) is 11.4 Å². The Balaban J connectivity index is 2.43. The molecule has 0 aliphatic carbocycles. The van der Waals surface area contributed by atoms with Gasteiger partial charge in [-0.05, 0) is 25.1 Å². The predicted octanol–water partition coefficient (Wildman–Crippen LogP) is 2.69. The van der Waals surface area contributed by atoms with E-state index in [1.54, 1.807) is 10.7 Å². The van der Waals surface area contributed by atoms with Gasteiger partial charge in [0, 0.05) is 29.4 Å². The average molecular weight is 292 g/mol. The van der Waals surface area contributed by atoms with E-state index in [1.807, 2.05) is 45.0 Å². The SMILES string of the molecule is Cc1cc(=O)c(CNC(C)C)nn1-c1cccc(Cl)c1. The van der Waals surface area contributed by atoms with Crippen molar-refractivity contribution in [2.75, 3.05) is 0 Å². The highest BCUT2D eigenvalue weighted by Gasteiger charge is 2.08. The van der Waals surface area contributed by atoms with Crippen molar-refractivity contribution in [1.82, 2.24) is 15.1 Å². The third kappa shape index (κ3) is 3.46. The molecule has 0 aliphatic rings. The van der Waals surface area contributed by atoms with Crippen molar-refractivity contribution in [3.63, 3.8) is 0 Å². The zero-order valence-corrected chi connectivity index (χ0v) is 12.6. The van der Waals surface area contributed by atoms with Crippen molar-refractivity contribution < 1.29 is 0 Å². The molecular weight excluding hydrogens is 274 g/mol. The Morgan fingerprint density at radius 3 is 2.75 bits per heavy atom. The summed E-state index contributed by atoms with van der Waals surface area (Å²) in [7, 11) is 0. The number of hydrogen-bond donors (Lipinski definition) is 1. The molecule has 1 N–H and O–H groups in total. The van der Waals surface area contributed by atoms with Crippen molar-refractivity contribution in [2.45, 2.75) is 33.4 Å². The number of halogens is 1. The summed E-state index contributed by atoms with van der Waals surface area (Å²) in [6.07, 6.45) is 0. The van der Waals surface area contributed by atoms with Crippen molar-refractivity contribution >= 4 is 11.6 Å². The maximum atomic E-state index is 12.0. The normalized spacial score (nSPS) is 11.1. The molecule has 0 amide bonds. The molecule has 1 aromatic carbocycles. The van der Waals surface area contributed by atoms with E-state index < -0.39 is 0 Å². The van der Waals surface area contributed by atoms with Crippen LogP contribution in [0.3, 0.4) is 0 Å². The second-order valence-electron chi connectivity index (χ2n) is 5.02. The topological polar surface area (TPSA) is 46.9 Å². The van der Waals surface area contributed by atoms with Gasteiger partial charge in [-0.3, -0.25) is 4.79 Å². The Bertz CT molecular complexity index is 664. The van der Waals surface area contributed by atoms with Crippen molar-refractivity contribution in [3.05, 3.63) is 57.0 Å². The third-order valence-electron chi connectivity index (χ3n) is 2.91. The molecular formula is C15H18ClN3O. The van der Waals surface area contributed by atoms with Gasteiger partial charge < -0.3 is 5.32 Å². The van der Waals surface area contributed by atoms with Crippen molar-refractivity contribution in [1.29, 1.82) is 0 Å². The molecule has 20 heavy (non-hydrogen) atoms. The third-order valence-corrected chi connectivity index (χ3v) is 3.14. The summed E-state index contributed by atoms with van der Waals surface area (Å²) in [5.41, 5.74) is 2.09. The molecule has 4 nitrogen and oxygen atoms in total. The van der Waals surface area contributed by atoms with Gasteiger partial charge in [0.25, 0.3) is 0 Å². The summed E-state index contributed by atoms with van der Waals surface area (Å²) in [5.74, 6) is 0. The summed E-state index contributed by atoms with van der Waals surface area (Å²) >= 11 is 6.01. The molecule has 0 saturated carbocycles. The fraction of sp³-hybridized carbons (Fsp3) is 0.333. The smallest absolute Gasteiger partial charge is 0.204 e. The number of hydrogen-bond acceptors (Lipinski definition) is 3. The van der Waals surface area contributed by atoms with Crippen LogP contribution in [-0.2, 0) is 6.54 Å². The molecule has 0 fully saturated rings. The maximum Gasteiger partial charge on any atom is 0.204 e. The standard InChI is InChI=1S/C15H18ClN3O/c1-10(2)17-9-14-15(20)7-11(3)19(18-14)13-6-4-5-12(16)8-13/h4-8,10,17H,9H2,1-3H3. The van der Waals surface area contributed by atoms with Crippen LogP contribution < -0.4 is 10.7 Å². The van der Waals surface area contributed by atoms with Gasteiger partial charge in [0.05, 0.1) is 5.69 Å². The molecule has 1 aromatic heterocycles. The minimum absolute atomic E-state index is 0.0473. The first-order valence-electron chi connectivity index (χ1n) is 6.56. The summed E-state index contributed by atoms with van der Waals surface area (Å²) in [6.45, 7) is 6.37. The van der Waals surface area contributed by atoms with Gasteiger partial charge in [0.15, 0.2) is 0 Å². The largest absolute Gasteiger partial charge is 0.309 e. The highest BCUT2D eigenvalue weighted by molar-refractivity contribution is 6.30. The Hall–Kier alpha value is -1.65. The second kappa shape index (κ2) is 6.20. The van der Waals surface area contributed by atoms with E-state index in [-0.39, 0.29) is 5.43 Å². The van der Waals surface area contributed by atoms with Gasteiger partial charge in [-0.15, -0.1) is 0 Å². The molecule has 0 atom stereocenters. The monoisotopic (exact) mass is 291 g/mol. The lowest BCUT2D eigenvalue weighted by Gasteiger charge is -2.13. The van der Waals surface area contributed by atoms with E-state index in [9.17, 15) is 4.79 Å². The number of aromatic nitrogens is 2. The van der Waals surface area contributed by atoms with Crippen LogP contribution in [0.2, 0.25) is 5.02 Å². The first kappa shape index (κ1) is 14.8. The van der Waals surface area contributed by atoms with Gasteiger partial charge in [0.2, 0.25) is 5.43 Å². The van der Waals surface area contributed by atoms with Crippen molar-refractivity contribution in [3.8, 4) is 5.69 Å². The number of nitrogens with one attached hydrogen (secondary N) is 1. The van der Waals surface area contributed by atoms with E-state index in [0.29, 0.717) is 23.3 Å². The molecule has 0 saturated heterocycles. The predicted molar refractivity (Wildman–Crippen MR) is 81.6 cm³/mol. The lowest BCUT2D eigenvalue weighted by molar-refractivity contribution is 0.568. The number of rotatable bonds is 4. The summed E-state index contributed by atoms with van der Waals surface area (Å²) in [4.78, 5) is 12.0. The highest BCUT2D eigenvalue weighted by Crippen LogP contribution is 2.15. The zero-order chi connectivity index (χ0) is 14.7. The number of nitrogens with zero attached hydrogens (tertiary/aromatic N) is 2. The average Bonchev–Trinajstić information content (AvgIpc) is 2.37. The minimum atomic E-state index is -0.0473. The van der Waals surface area contributed by atoms with Crippen LogP contribution in [0.15, 0.2) is 35.1 Å². The van der Waals surface area contributed by atoms with Gasteiger partial charge in [0.1, 0.15) is 5.69 Å². The fourth-order valence-corrected chi connectivity index (χ4v) is 2.06. The summed E-state index contributed by atoms with van der Waals surface area (Å²) < 4.78 is 1.74. The van der Waals surface area contributed by atoms with E-state index in [4.69, 9.17) is 11.6 Å². The van der Waals surface area contributed by atoms with Gasteiger partial charge in [-0.2, -0.15) is 5.10 Å². The molecule has 0 radical (unpaired) electrons. The zero-order valence-electron chi connectivity index (χ0n) is 11.9. The fourth-order valence-electron chi connectivity index (χ4n) is 1.88. The van der Waals surface area contributed by atoms with Crippen LogP contribution in [0.4, 0.5) is 0 Å². The molecule has 1 heterocycles. The Morgan fingerprint density at radius 1 is 1.35 bits per heavy atom. The molecule has 0 unspecified atom stereocenters. The minimum Gasteiger partial charge on any atom is -0.309 e. The lowest BCUT2D eigenvalue weighted by atomic mass is 10.2. The van der Waals surface area contributed by atoms with Gasteiger partial charge in [-0.25, -0.2) is 4.68 Å². The Labute approximate surface area is 123 Å². The molecule has 106 valence electrons. The first-order chi connectivity index (χ1) is 9.47. The number of benzene rings is 1. The van der Waals surface area contributed by atoms with Gasteiger partial charge in [-0.1, -0.05) is 31.5 Å². The number of aryl methyl sites for hydroxylation is 1. The summed E-state index contributed by atoms with van der Waals surface area (Å²) in [5, 5.41) is 8.29. The molecule has 2 aromatic rings. The van der Waals surface area contributed by atoms with Crippen LogP contribution in [0.25, 0.3) is 5.69 Å². The van der Waals surface area contributed by atoms with Crippen LogP contribution in [0, 0.1) is 6.92 Å². The van der Waals surface area contributed by atoms with Gasteiger partial charge >= 0.3 is 0 Å². The Morgan fingerprint density at radius 2 is 2.10 bits per heavy atom. The summed E-state index contributed by atoms with van der Waals surface area (Å²) in [6, 6.07) is 9.32. The van der Waals surface area contributed by atoms with Crippen LogP contribution in [0.5, 0.6) is 0 Å². The molecule has 0 spiro atoms. The Kier molecular flexibility index (Phi) is 4.57. The van der Waals surface area contributed by atoms with Crippen LogP contribution in [0.1, 0.15) is 25.2 Å². The molecule has 0 aliphatic heterocycles. The van der Waals surface area contributed by atoms with Crippen molar-refractivity contribution in [2.24, 2.45) is 0 Å². The second-order valence-corrected chi connectivity index (χ2v) is 5.46. The van der Waals surface area contributed by atoms with Crippen LogP contribution in [-0.4, -0.2) is 15.8 Å². The molecule has 2 rings (SSSR count). The maximum absolute atomic E-state index is 12.0. The highest BCUT2D eigenvalue weighted by atomic mass is 35.5. The molecule has 5 heteroatoms. The van der Waals surface area contributed by atoms with E-state index in [1.165, 1.54) is 0 Å². The van der Waals surface area contributed by atoms with E-state index in [2.05, 4.69) is 10.4 Å². The van der Waals surface area contributed by atoms with Crippen LogP contribution >= 0.6 is 11.6 Å². The van der Waals surface area contributed by atoms with E-state index >= 15 is 0 Å². The molecule has 0 bridgehead atoms. The quantitative estimate of drug-likeness (QED) is 0.942. The first-order valence-corrected chi connectivity index (χ1v) is 6.94. The lowest BCUT2D eigenvalue weighted by Crippen LogP contribution is -2.28.